The topological polar surface area (TPSA) is 67.0 Å². The summed E-state index contributed by atoms with van der Waals surface area (Å²) in [5.74, 6) is 0.750. The van der Waals surface area contributed by atoms with E-state index in [2.05, 4.69) is 31.4 Å². The number of H-pyrrole nitrogens is 1. The van der Waals surface area contributed by atoms with Gasteiger partial charge < -0.3 is 10.1 Å². The molecule has 0 spiro atoms. The molecule has 0 bridgehead atoms. The highest BCUT2D eigenvalue weighted by molar-refractivity contribution is 9.10. The maximum Gasteiger partial charge on any atom is 0.224 e. The first kappa shape index (κ1) is 13.6. The van der Waals surface area contributed by atoms with Crippen LogP contribution in [0.4, 0.5) is 5.69 Å². The van der Waals surface area contributed by atoms with E-state index in [1.54, 1.807) is 19.5 Å². The molecule has 0 atom stereocenters. The van der Waals surface area contributed by atoms with E-state index >= 15 is 0 Å². The molecule has 19 heavy (non-hydrogen) atoms. The highest BCUT2D eigenvalue weighted by Crippen LogP contribution is 2.25. The van der Waals surface area contributed by atoms with Crippen molar-refractivity contribution in [2.45, 2.75) is 12.8 Å². The Morgan fingerprint density at radius 2 is 2.37 bits per heavy atom. The van der Waals surface area contributed by atoms with E-state index in [-0.39, 0.29) is 5.91 Å². The van der Waals surface area contributed by atoms with Crippen LogP contribution in [0, 0.1) is 0 Å². The van der Waals surface area contributed by atoms with Crippen molar-refractivity contribution in [3.05, 3.63) is 40.6 Å². The molecule has 1 aromatic carbocycles. The normalized spacial score (nSPS) is 10.2. The predicted molar refractivity (Wildman–Crippen MR) is 76.2 cm³/mol. The summed E-state index contributed by atoms with van der Waals surface area (Å²) in [6.45, 7) is 0. The summed E-state index contributed by atoms with van der Waals surface area (Å²) in [6.07, 6.45) is 4.31. The predicted octanol–water partition coefficient (Wildman–Crippen LogP) is 2.75. The monoisotopic (exact) mass is 323 g/mol. The van der Waals surface area contributed by atoms with Crippen molar-refractivity contribution in [3.63, 3.8) is 0 Å². The van der Waals surface area contributed by atoms with E-state index in [0.29, 0.717) is 18.5 Å². The lowest BCUT2D eigenvalue weighted by Gasteiger charge is -2.06. The number of rotatable bonds is 5. The standard InChI is InChI=1S/C13H14BrN3O2/c1-19-12-4-2-9(6-11(12)14)3-5-13(18)17-10-7-15-16-8-10/h2,4,6-8H,3,5H2,1H3,(H,15,16)(H,17,18). The van der Waals surface area contributed by atoms with Crippen LogP contribution >= 0.6 is 15.9 Å². The van der Waals surface area contributed by atoms with Crippen molar-refractivity contribution < 1.29 is 9.53 Å². The highest BCUT2D eigenvalue weighted by atomic mass is 79.9. The number of benzene rings is 1. The first-order valence-corrected chi connectivity index (χ1v) is 6.59. The molecule has 0 unspecified atom stereocenters. The number of carbonyl (C=O) groups is 1. The second-order valence-electron chi connectivity index (χ2n) is 4.00. The minimum Gasteiger partial charge on any atom is -0.496 e. The SMILES string of the molecule is COc1ccc(CCC(=O)Nc2cn[nH]c2)cc1Br. The molecule has 0 aliphatic heterocycles. The summed E-state index contributed by atoms with van der Waals surface area (Å²) >= 11 is 3.42. The third-order valence-electron chi connectivity index (χ3n) is 2.64. The fraction of sp³-hybridized carbons (Fsp3) is 0.231. The second kappa shape index (κ2) is 6.38. The zero-order valence-corrected chi connectivity index (χ0v) is 12.0. The molecule has 5 nitrogen and oxygen atoms in total. The van der Waals surface area contributed by atoms with Crippen LogP contribution < -0.4 is 10.1 Å². The van der Waals surface area contributed by atoms with Gasteiger partial charge in [0, 0.05) is 12.6 Å². The summed E-state index contributed by atoms with van der Waals surface area (Å²) in [7, 11) is 1.62. The van der Waals surface area contributed by atoms with Gasteiger partial charge >= 0.3 is 0 Å². The van der Waals surface area contributed by atoms with E-state index in [4.69, 9.17) is 4.74 Å². The molecule has 2 N–H and O–H groups in total. The number of aryl methyl sites for hydroxylation is 1. The van der Waals surface area contributed by atoms with Gasteiger partial charge in [0.1, 0.15) is 5.75 Å². The van der Waals surface area contributed by atoms with Crippen molar-refractivity contribution in [3.8, 4) is 5.75 Å². The van der Waals surface area contributed by atoms with Gasteiger partial charge in [0.15, 0.2) is 0 Å². The zero-order valence-electron chi connectivity index (χ0n) is 10.4. The Labute approximate surface area is 119 Å². The molecule has 0 fully saturated rings. The smallest absolute Gasteiger partial charge is 0.224 e. The van der Waals surface area contributed by atoms with E-state index < -0.39 is 0 Å². The molecule has 2 aromatic rings. The maximum atomic E-state index is 11.7. The Morgan fingerprint density at radius 1 is 1.53 bits per heavy atom. The molecule has 1 amide bonds. The van der Waals surface area contributed by atoms with Crippen LogP contribution in [-0.4, -0.2) is 23.2 Å². The van der Waals surface area contributed by atoms with Crippen LogP contribution in [0.3, 0.4) is 0 Å². The lowest BCUT2D eigenvalue weighted by molar-refractivity contribution is -0.116. The minimum atomic E-state index is -0.0339. The van der Waals surface area contributed by atoms with Crippen LogP contribution in [0.15, 0.2) is 35.1 Å². The Bertz CT molecular complexity index is 555. The Kier molecular flexibility index (Phi) is 4.57. The quantitative estimate of drug-likeness (QED) is 0.889. The number of ether oxygens (including phenoxy) is 1. The summed E-state index contributed by atoms with van der Waals surface area (Å²) in [5.41, 5.74) is 1.76. The highest BCUT2D eigenvalue weighted by Gasteiger charge is 2.06. The van der Waals surface area contributed by atoms with Crippen molar-refractivity contribution in [2.75, 3.05) is 12.4 Å². The number of nitrogens with zero attached hydrogens (tertiary/aromatic N) is 1. The van der Waals surface area contributed by atoms with Gasteiger partial charge in [0.25, 0.3) is 0 Å². The number of hydrogen-bond donors (Lipinski definition) is 2. The van der Waals surface area contributed by atoms with Gasteiger partial charge in [-0.1, -0.05) is 6.07 Å². The van der Waals surface area contributed by atoms with Gasteiger partial charge in [-0.15, -0.1) is 0 Å². The van der Waals surface area contributed by atoms with E-state index in [0.717, 1.165) is 15.8 Å². The largest absolute Gasteiger partial charge is 0.496 e. The summed E-state index contributed by atoms with van der Waals surface area (Å²) in [6, 6.07) is 5.80. The van der Waals surface area contributed by atoms with Gasteiger partial charge in [-0.2, -0.15) is 5.10 Å². The summed E-state index contributed by atoms with van der Waals surface area (Å²) in [5, 5.41) is 9.17. The van der Waals surface area contributed by atoms with Crippen LogP contribution in [0.1, 0.15) is 12.0 Å². The Balaban J connectivity index is 1.88. The number of amides is 1. The second-order valence-corrected chi connectivity index (χ2v) is 4.86. The van der Waals surface area contributed by atoms with E-state index in [1.165, 1.54) is 0 Å². The first-order valence-electron chi connectivity index (χ1n) is 5.80. The van der Waals surface area contributed by atoms with Gasteiger partial charge in [-0.3, -0.25) is 9.89 Å². The van der Waals surface area contributed by atoms with Crippen molar-refractivity contribution in [2.24, 2.45) is 0 Å². The number of anilines is 1. The van der Waals surface area contributed by atoms with E-state index in [1.807, 2.05) is 18.2 Å². The molecule has 0 aliphatic rings. The third kappa shape index (κ3) is 3.82. The number of aromatic amines is 1. The van der Waals surface area contributed by atoms with Gasteiger partial charge in [0.2, 0.25) is 5.91 Å². The molecule has 2 rings (SSSR count). The lowest BCUT2D eigenvalue weighted by atomic mass is 10.1. The van der Waals surface area contributed by atoms with Gasteiger partial charge in [-0.05, 0) is 40.0 Å². The Morgan fingerprint density at radius 3 is 3.00 bits per heavy atom. The zero-order chi connectivity index (χ0) is 13.7. The number of halogens is 1. The number of aromatic nitrogens is 2. The first-order chi connectivity index (χ1) is 9.19. The minimum absolute atomic E-state index is 0.0339. The molecule has 100 valence electrons. The average Bonchev–Trinajstić information content (AvgIpc) is 2.89. The molecule has 6 heteroatoms. The number of hydrogen-bond acceptors (Lipinski definition) is 3. The lowest BCUT2D eigenvalue weighted by Crippen LogP contribution is -2.11. The summed E-state index contributed by atoms with van der Waals surface area (Å²) in [4.78, 5) is 11.7. The maximum absolute atomic E-state index is 11.7. The van der Waals surface area contributed by atoms with Crippen molar-refractivity contribution >= 4 is 27.5 Å². The van der Waals surface area contributed by atoms with E-state index in [9.17, 15) is 4.79 Å². The molecular formula is C13H14BrN3O2. The Hall–Kier alpha value is -1.82. The fourth-order valence-corrected chi connectivity index (χ4v) is 2.25. The molecular weight excluding hydrogens is 310 g/mol. The van der Waals surface area contributed by atoms with Gasteiger partial charge in [-0.25, -0.2) is 0 Å². The molecule has 0 aliphatic carbocycles. The third-order valence-corrected chi connectivity index (χ3v) is 3.26. The number of methoxy groups -OCH3 is 1. The van der Waals surface area contributed by atoms with Crippen LogP contribution in [0.2, 0.25) is 0 Å². The number of nitrogens with one attached hydrogen (secondary N) is 2. The van der Waals surface area contributed by atoms with Crippen molar-refractivity contribution in [1.82, 2.24) is 10.2 Å². The molecule has 0 radical (unpaired) electrons. The molecule has 0 saturated heterocycles. The van der Waals surface area contributed by atoms with Crippen molar-refractivity contribution in [1.29, 1.82) is 0 Å². The summed E-state index contributed by atoms with van der Waals surface area (Å²) < 4.78 is 6.05. The number of carbonyl (C=O) groups excluding carboxylic acids is 1. The average molecular weight is 324 g/mol. The molecule has 1 aromatic heterocycles. The molecule has 0 saturated carbocycles. The fourth-order valence-electron chi connectivity index (χ4n) is 1.67. The molecule has 1 heterocycles. The van der Waals surface area contributed by atoms with Crippen LogP contribution in [-0.2, 0) is 11.2 Å². The van der Waals surface area contributed by atoms with Gasteiger partial charge in [0.05, 0.1) is 23.5 Å². The van der Waals surface area contributed by atoms with Crippen LogP contribution in [0.25, 0.3) is 0 Å². The van der Waals surface area contributed by atoms with Crippen LogP contribution in [0.5, 0.6) is 5.75 Å².